The summed E-state index contributed by atoms with van der Waals surface area (Å²) in [6.07, 6.45) is 0. The highest BCUT2D eigenvalue weighted by atomic mass is 16.4. The maximum atomic E-state index is 11.1. The van der Waals surface area contributed by atoms with Gasteiger partial charge in [-0.25, -0.2) is 9.97 Å². The lowest BCUT2D eigenvalue weighted by molar-refractivity contribution is 0.330. The molecule has 9 heteroatoms. The highest BCUT2D eigenvalue weighted by molar-refractivity contribution is 6.14. The molecular weight excluding hydrogens is 713 g/mol. The molecule has 0 radical (unpaired) electrons. The van der Waals surface area contributed by atoms with Crippen molar-refractivity contribution in [2.45, 2.75) is 0 Å². The maximum absolute atomic E-state index is 11.1. The summed E-state index contributed by atoms with van der Waals surface area (Å²) in [6.45, 7) is 0. The van der Waals surface area contributed by atoms with Crippen LogP contribution in [0.1, 0.15) is 0 Å². The Morgan fingerprint density at radius 1 is 0.368 bits per heavy atom. The molecule has 57 heavy (non-hydrogen) atoms. The molecule has 9 nitrogen and oxygen atoms in total. The van der Waals surface area contributed by atoms with Crippen LogP contribution in [0, 0.1) is 0 Å². The number of aromatic hydroxyl groups is 5. The second-order valence-electron chi connectivity index (χ2n) is 14.2. The smallest absolute Gasteiger partial charge is 0.235 e. The van der Waals surface area contributed by atoms with Crippen LogP contribution in [0.25, 0.3) is 99.3 Å². The molecule has 0 aliphatic carbocycles. The number of aromatic nitrogens is 4. The molecule has 3 heterocycles. The van der Waals surface area contributed by atoms with Gasteiger partial charge in [-0.05, 0) is 71.1 Å². The number of rotatable bonds is 4. The molecule has 0 atom stereocenters. The summed E-state index contributed by atoms with van der Waals surface area (Å²) in [4.78, 5) is 10.1. The van der Waals surface area contributed by atoms with Crippen LogP contribution in [0.15, 0.2) is 152 Å². The first-order valence-electron chi connectivity index (χ1n) is 18.4. The van der Waals surface area contributed by atoms with E-state index >= 15 is 0 Å². The first-order chi connectivity index (χ1) is 27.9. The average molecular weight is 743 g/mol. The second kappa shape index (κ2) is 12.0. The van der Waals surface area contributed by atoms with Crippen LogP contribution in [0.2, 0.25) is 0 Å². The Kier molecular flexibility index (Phi) is 6.81. The molecule has 11 rings (SSSR count). The van der Waals surface area contributed by atoms with E-state index in [-0.39, 0.29) is 17.2 Å². The number of phenolic OH excluding ortho intramolecular Hbond substituents is 5. The van der Waals surface area contributed by atoms with Gasteiger partial charge in [0.1, 0.15) is 0 Å². The summed E-state index contributed by atoms with van der Waals surface area (Å²) < 4.78 is 4.23. The molecule has 0 fully saturated rings. The van der Waals surface area contributed by atoms with Crippen LogP contribution < -0.4 is 0 Å². The molecular formula is C48H30N4O5. The van der Waals surface area contributed by atoms with Gasteiger partial charge in [0.25, 0.3) is 0 Å². The number of hydrogen-bond acceptors (Lipinski definition) is 7. The minimum Gasteiger partial charge on any atom is -0.504 e. The predicted molar refractivity (Wildman–Crippen MR) is 225 cm³/mol. The van der Waals surface area contributed by atoms with Crippen molar-refractivity contribution in [3.05, 3.63) is 152 Å². The van der Waals surface area contributed by atoms with Gasteiger partial charge >= 0.3 is 0 Å². The van der Waals surface area contributed by atoms with E-state index in [2.05, 4.69) is 89.5 Å². The lowest BCUT2D eigenvalue weighted by atomic mass is 9.99. The average Bonchev–Trinajstić information content (AvgIpc) is 3.77. The van der Waals surface area contributed by atoms with Gasteiger partial charge in [-0.1, -0.05) is 97.1 Å². The normalized spacial score (nSPS) is 11.9. The summed E-state index contributed by atoms with van der Waals surface area (Å²) in [5, 5.41) is 60.1. The number of nitrogens with zero attached hydrogens (tertiary/aromatic N) is 4. The predicted octanol–water partition coefficient (Wildman–Crippen LogP) is 10.8. The zero-order chi connectivity index (χ0) is 38.5. The number of fused-ring (bicyclic) bond motifs is 9. The van der Waals surface area contributed by atoms with Crippen molar-refractivity contribution in [1.82, 2.24) is 19.1 Å². The van der Waals surface area contributed by atoms with Crippen molar-refractivity contribution in [2.75, 3.05) is 0 Å². The Balaban J connectivity index is 1.16. The molecule has 0 unspecified atom stereocenters. The molecule has 8 aromatic carbocycles. The van der Waals surface area contributed by atoms with Crippen molar-refractivity contribution in [2.24, 2.45) is 0 Å². The topological polar surface area (TPSA) is 137 Å². The van der Waals surface area contributed by atoms with Gasteiger partial charge in [-0.15, -0.1) is 0 Å². The van der Waals surface area contributed by atoms with E-state index in [1.54, 1.807) is 6.07 Å². The first-order valence-corrected chi connectivity index (χ1v) is 18.4. The highest BCUT2D eigenvalue weighted by Crippen LogP contribution is 2.55. The summed E-state index contributed by atoms with van der Waals surface area (Å²) >= 11 is 0. The van der Waals surface area contributed by atoms with E-state index in [1.807, 2.05) is 65.2 Å². The minimum atomic E-state index is -1.04. The second-order valence-corrected chi connectivity index (χ2v) is 14.2. The van der Waals surface area contributed by atoms with Gasteiger partial charge < -0.3 is 30.1 Å². The molecule has 0 spiro atoms. The first kappa shape index (κ1) is 32.4. The molecule has 0 saturated carbocycles. The van der Waals surface area contributed by atoms with Crippen molar-refractivity contribution in [3.8, 4) is 62.8 Å². The Bertz CT molecular complexity index is 3450. The van der Waals surface area contributed by atoms with E-state index < -0.39 is 28.7 Å². The third kappa shape index (κ3) is 4.63. The third-order valence-corrected chi connectivity index (χ3v) is 11.1. The Morgan fingerprint density at radius 2 is 0.877 bits per heavy atom. The van der Waals surface area contributed by atoms with Gasteiger partial charge in [0, 0.05) is 38.0 Å². The van der Waals surface area contributed by atoms with Crippen LogP contribution in [-0.2, 0) is 0 Å². The van der Waals surface area contributed by atoms with E-state index in [1.165, 1.54) is 5.39 Å². The molecule has 0 saturated heterocycles. The van der Waals surface area contributed by atoms with Crippen LogP contribution in [0.4, 0.5) is 0 Å². The molecule has 0 bridgehead atoms. The molecule has 0 aliphatic rings. The zero-order valence-corrected chi connectivity index (χ0v) is 30.0. The molecule has 5 N–H and O–H groups in total. The van der Waals surface area contributed by atoms with Gasteiger partial charge in [0.05, 0.1) is 38.8 Å². The van der Waals surface area contributed by atoms with Crippen molar-refractivity contribution in [3.63, 3.8) is 0 Å². The van der Waals surface area contributed by atoms with E-state index in [4.69, 9.17) is 9.97 Å². The largest absolute Gasteiger partial charge is 0.504 e. The molecule has 3 aromatic heterocycles. The van der Waals surface area contributed by atoms with Crippen LogP contribution in [0.5, 0.6) is 28.7 Å². The quantitative estimate of drug-likeness (QED) is 0.0688. The van der Waals surface area contributed by atoms with E-state index in [0.717, 1.165) is 65.8 Å². The van der Waals surface area contributed by atoms with E-state index in [9.17, 15) is 25.5 Å². The number of hydrogen-bond donors (Lipinski definition) is 5. The SMILES string of the molecule is Oc1c(O)c(O)c(-c2nc(-n3c4ccccc4c4cc(-c5ccc6c(c5)c5ccccc5n6-c5ccccc5)ccc43)nc3c2ccc2ccccc23)c(O)c1O. The number of benzene rings is 8. The standard InChI is InChI=1S/C48H30N4O5/c53-43-40(44(54)46(56)47(57)45(43)55)42-33-21-18-26-10-4-5-13-30(26)41(33)49-48(50-42)52-37-17-9-7-15-32(37)35-25-28(20-23-39(35)52)27-19-22-38-34(24-27)31-14-6-8-16-36(31)51(38)29-11-2-1-3-12-29/h1-25,53-57H. The van der Waals surface area contributed by atoms with Crippen molar-refractivity contribution >= 4 is 65.3 Å². The fourth-order valence-electron chi connectivity index (χ4n) is 8.43. The van der Waals surface area contributed by atoms with Gasteiger partial charge in [0.2, 0.25) is 23.2 Å². The Hall–Kier alpha value is -8.04. The number of para-hydroxylation sites is 3. The summed E-state index contributed by atoms with van der Waals surface area (Å²) in [7, 11) is 0. The monoisotopic (exact) mass is 742 g/mol. The van der Waals surface area contributed by atoms with Gasteiger partial charge in [-0.2, -0.15) is 0 Å². The minimum absolute atomic E-state index is 0.0480. The summed E-state index contributed by atoms with van der Waals surface area (Å²) in [5.74, 6) is -4.45. The van der Waals surface area contributed by atoms with Crippen molar-refractivity contribution < 1.29 is 25.5 Å². The summed E-state index contributed by atoms with van der Waals surface area (Å²) in [6, 6.07) is 51.1. The van der Waals surface area contributed by atoms with Crippen LogP contribution in [0.3, 0.4) is 0 Å². The molecule has 272 valence electrons. The summed E-state index contributed by atoms with van der Waals surface area (Å²) in [5.41, 5.74) is 7.30. The lowest BCUT2D eigenvalue weighted by Crippen LogP contribution is -2.04. The Labute approximate surface area is 323 Å². The van der Waals surface area contributed by atoms with Gasteiger partial charge in [-0.3, -0.25) is 4.57 Å². The fourth-order valence-corrected chi connectivity index (χ4v) is 8.43. The molecule has 0 aliphatic heterocycles. The van der Waals surface area contributed by atoms with Crippen LogP contribution in [-0.4, -0.2) is 44.6 Å². The number of phenols is 5. The van der Waals surface area contributed by atoms with Crippen molar-refractivity contribution in [1.29, 1.82) is 0 Å². The maximum Gasteiger partial charge on any atom is 0.235 e. The third-order valence-electron chi connectivity index (χ3n) is 11.1. The van der Waals surface area contributed by atoms with E-state index in [0.29, 0.717) is 10.9 Å². The fraction of sp³-hybridized carbons (Fsp3) is 0. The molecule has 11 aromatic rings. The highest BCUT2D eigenvalue weighted by Gasteiger charge is 2.28. The van der Waals surface area contributed by atoms with Gasteiger partial charge in [0.15, 0.2) is 11.5 Å². The lowest BCUT2D eigenvalue weighted by Gasteiger charge is -2.16. The Morgan fingerprint density at radius 3 is 1.53 bits per heavy atom. The zero-order valence-electron chi connectivity index (χ0n) is 30.0. The molecule has 0 amide bonds. The van der Waals surface area contributed by atoms with Crippen LogP contribution >= 0.6 is 0 Å².